The Bertz CT molecular complexity index is 1170. The van der Waals surface area contributed by atoms with Gasteiger partial charge in [0.25, 0.3) is 0 Å². The number of rotatable bonds is 9. The fraction of sp³-hybridized carbons (Fsp3) is 0.296. The number of hydrogen-bond donors (Lipinski definition) is 2. The van der Waals surface area contributed by atoms with E-state index in [1.165, 1.54) is 12.8 Å². The van der Waals surface area contributed by atoms with Crippen LogP contribution < -0.4 is 15.0 Å². The van der Waals surface area contributed by atoms with Gasteiger partial charge in [0, 0.05) is 62.1 Å². The van der Waals surface area contributed by atoms with Crippen molar-refractivity contribution in [1.82, 2.24) is 14.9 Å². The summed E-state index contributed by atoms with van der Waals surface area (Å²) in [5.41, 5.74) is 4.12. The second-order valence-electron chi connectivity index (χ2n) is 8.38. The van der Waals surface area contributed by atoms with E-state index in [-0.39, 0.29) is 6.61 Å². The van der Waals surface area contributed by atoms with Crippen LogP contribution in [0.3, 0.4) is 0 Å². The molecule has 0 unspecified atom stereocenters. The Hall–Kier alpha value is -3.95. The van der Waals surface area contributed by atoms with E-state index in [9.17, 15) is 4.79 Å². The SMILES string of the molecule is COC(=O)c1cc(C=Cc2cnc(Nc3ccc(N4CCN(CCO)CC4)cc3)nc2)cc(OC)c1. The number of aliphatic hydroxyl groups is 1. The van der Waals surface area contributed by atoms with Crippen LogP contribution in [0, 0.1) is 0 Å². The normalized spacial score (nSPS) is 14.1. The van der Waals surface area contributed by atoms with Crippen LogP contribution >= 0.6 is 0 Å². The molecule has 2 heterocycles. The molecule has 0 amide bonds. The van der Waals surface area contributed by atoms with Crippen molar-refractivity contribution in [2.45, 2.75) is 0 Å². The quantitative estimate of drug-likeness (QED) is 0.439. The average molecular weight is 490 g/mol. The summed E-state index contributed by atoms with van der Waals surface area (Å²) in [5.74, 6) is 0.658. The Morgan fingerprint density at radius 2 is 1.69 bits per heavy atom. The molecular formula is C27H31N5O4. The number of carbonyl (C=O) groups excluding carboxylic acids is 1. The minimum Gasteiger partial charge on any atom is -0.497 e. The van der Waals surface area contributed by atoms with Gasteiger partial charge in [-0.05, 0) is 48.0 Å². The van der Waals surface area contributed by atoms with Crippen LogP contribution in [0.15, 0.2) is 54.9 Å². The summed E-state index contributed by atoms with van der Waals surface area (Å²) in [6.07, 6.45) is 7.19. The van der Waals surface area contributed by atoms with E-state index in [0.717, 1.165) is 49.5 Å². The molecule has 0 spiro atoms. The molecule has 9 heteroatoms. The number of esters is 1. The highest BCUT2D eigenvalue weighted by Crippen LogP contribution is 2.22. The van der Waals surface area contributed by atoms with Gasteiger partial charge in [0.05, 0.1) is 26.4 Å². The Labute approximate surface area is 211 Å². The van der Waals surface area contributed by atoms with Gasteiger partial charge in [-0.25, -0.2) is 14.8 Å². The maximum absolute atomic E-state index is 11.9. The number of nitrogens with zero attached hydrogens (tertiary/aromatic N) is 4. The molecule has 3 aromatic rings. The first-order chi connectivity index (χ1) is 17.6. The zero-order valence-electron chi connectivity index (χ0n) is 20.6. The predicted octanol–water partition coefficient (Wildman–Crippen LogP) is 3.30. The highest BCUT2D eigenvalue weighted by atomic mass is 16.5. The number of anilines is 3. The molecular weight excluding hydrogens is 458 g/mol. The highest BCUT2D eigenvalue weighted by Gasteiger charge is 2.16. The number of benzene rings is 2. The van der Waals surface area contributed by atoms with Crippen molar-refractivity contribution in [2.75, 3.05) is 63.8 Å². The van der Waals surface area contributed by atoms with Gasteiger partial charge in [0.15, 0.2) is 0 Å². The number of ether oxygens (including phenoxy) is 2. The van der Waals surface area contributed by atoms with Gasteiger partial charge in [-0.3, -0.25) is 4.90 Å². The molecule has 0 bridgehead atoms. The number of carbonyl (C=O) groups is 1. The molecule has 36 heavy (non-hydrogen) atoms. The Morgan fingerprint density at radius 1 is 1.00 bits per heavy atom. The molecule has 2 aromatic carbocycles. The van der Waals surface area contributed by atoms with Crippen LogP contribution in [0.25, 0.3) is 12.2 Å². The van der Waals surface area contributed by atoms with Crippen molar-refractivity contribution in [2.24, 2.45) is 0 Å². The molecule has 0 aliphatic carbocycles. The second kappa shape index (κ2) is 12.1. The summed E-state index contributed by atoms with van der Waals surface area (Å²) in [6, 6.07) is 13.4. The summed E-state index contributed by atoms with van der Waals surface area (Å²) in [4.78, 5) is 25.3. The van der Waals surface area contributed by atoms with Gasteiger partial charge >= 0.3 is 5.97 Å². The summed E-state index contributed by atoms with van der Waals surface area (Å²) in [5, 5.41) is 12.3. The fourth-order valence-corrected chi connectivity index (χ4v) is 4.01. The lowest BCUT2D eigenvalue weighted by atomic mass is 10.1. The molecule has 1 saturated heterocycles. The first kappa shape index (κ1) is 25.2. The molecule has 0 atom stereocenters. The van der Waals surface area contributed by atoms with Gasteiger partial charge in [0.1, 0.15) is 5.75 Å². The molecule has 9 nitrogen and oxygen atoms in total. The van der Waals surface area contributed by atoms with Crippen molar-refractivity contribution in [1.29, 1.82) is 0 Å². The number of methoxy groups -OCH3 is 2. The number of β-amino-alcohol motifs (C(OH)–C–C–N with tert-alkyl or cyclic N) is 1. The van der Waals surface area contributed by atoms with Gasteiger partial charge in [-0.1, -0.05) is 12.2 Å². The molecule has 2 N–H and O–H groups in total. The van der Waals surface area contributed by atoms with E-state index in [4.69, 9.17) is 14.6 Å². The first-order valence-corrected chi connectivity index (χ1v) is 11.8. The molecule has 1 fully saturated rings. The molecule has 1 aromatic heterocycles. The predicted molar refractivity (Wildman–Crippen MR) is 141 cm³/mol. The monoisotopic (exact) mass is 489 g/mol. The third kappa shape index (κ3) is 6.59. The molecule has 0 saturated carbocycles. The van der Waals surface area contributed by atoms with Gasteiger partial charge in [-0.15, -0.1) is 0 Å². The minimum atomic E-state index is -0.420. The molecule has 1 aliphatic heterocycles. The maximum Gasteiger partial charge on any atom is 0.338 e. The highest BCUT2D eigenvalue weighted by molar-refractivity contribution is 5.91. The lowest BCUT2D eigenvalue weighted by molar-refractivity contribution is 0.0600. The van der Waals surface area contributed by atoms with Crippen molar-refractivity contribution < 1.29 is 19.4 Å². The molecule has 4 rings (SSSR count). The Kier molecular flexibility index (Phi) is 8.48. The molecule has 1 aliphatic rings. The topological polar surface area (TPSA) is 100 Å². The van der Waals surface area contributed by atoms with Crippen LogP contribution in [0.2, 0.25) is 0 Å². The van der Waals surface area contributed by atoms with E-state index < -0.39 is 5.97 Å². The zero-order chi connectivity index (χ0) is 25.3. The van der Waals surface area contributed by atoms with Crippen molar-refractivity contribution in [3.63, 3.8) is 0 Å². The first-order valence-electron chi connectivity index (χ1n) is 11.8. The Balaban J connectivity index is 1.35. The number of hydrogen-bond acceptors (Lipinski definition) is 9. The standard InChI is InChI=1S/C27H31N5O4/c1-35-25-16-20(15-22(17-25)26(34)36-2)3-4-21-18-28-27(29-19-21)30-23-5-7-24(8-6-23)32-11-9-31(10-12-32)13-14-33/h3-8,15-19,33H,9-14H2,1-2H3,(H,28,29,30). The van der Waals surface area contributed by atoms with E-state index in [0.29, 0.717) is 17.3 Å². The Morgan fingerprint density at radius 3 is 2.33 bits per heavy atom. The number of aromatic nitrogens is 2. The summed E-state index contributed by atoms with van der Waals surface area (Å²) in [7, 11) is 2.90. The van der Waals surface area contributed by atoms with Gasteiger partial charge in [0.2, 0.25) is 5.95 Å². The summed E-state index contributed by atoms with van der Waals surface area (Å²) >= 11 is 0. The largest absolute Gasteiger partial charge is 0.497 e. The number of piperazine rings is 1. The maximum atomic E-state index is 11.9. The van der Waals surface area contributed by atoms with Crippen LogP contribution in [-0.2, 0) is 4.74 Å². The van der Waals surface area contributed by atoms with Crippen LogP contribution in [0.4, 0.5) is 17.3 Å². The third-order valence-corrected chi connectivity index (χ3v) is 6.00. The van der Waals surface area contributed by atoms with E-state index in [1.54, 1.807) is 31.6 Å². The van der Waals surface area contributed by atoms with Crippen molar-refractivity contribution in [3.8, 4) is 5.75 Å². The molecule has 0 radical (unpaired) electrons. The van der Waals surface area contributed by atoms with Crippen molar-refractivity contribution in [3.05, 3.63) is 71.5 Å². The summed E-state index contributed by atoms with van der Waals surface area (Å²) in [6.45, 7) is 4.76. The van der Waals surface area contributed by atoms with E-state index >= 15 is 0 Å². The third-order valence-electron chi connectivity index (χ3n) is 6.00. The number of nitrogens with one attached hydrogen (secondary N) is 1. The zero-order valence-corrected chi connectivity index (χ0v) is 20.6. The smallest absolute Gasteiger partial charge is 0.338 e. The fourth-order valence-electron chi connectivity index (χ4n) is 4.01. The second-order valence-corrected chi connectivity index (χ2v) is 8.38. The minimum absolute atomic E-state index is 0.208. The van der Waals surface area contributed by atoms with Crippen molar-refractivity contribution >= 4 is 35.4 Å². The number of aliphatic hydroxyl groups excluding tert-OH is 1. The van der Waals surface area contributed by atoms with Crippen LogP contribution in [0.1, 0.15) is 21.5 Å². The summed E-state index contributed by atoms with van der Waals surface area (Å²) < 4.78 is 10.1. The van der Waals surface area contributed by atoms with Crippen LogP contribution in [-0.4, -0.2) is 79.5 Å². The van der Waals surface area contributed by atoms with E-state index in [1.807, 2.05) is 30.4 Å². The molecule has 188 valence electrons. The lowest BCUT2D eigenvalue weighted by Gasteiger charge is -2.35. The average Bonchev–Trinajstić information content (AvgIpc) is 2.93. The van der Waals surface area contributed by atoms with Gasteiger partial charge in [-0.2, -0.15) is 0 Å². The van der Waals surface area contributed by atoms with Crippen LogP contribution in [0.5, 0.6) is 5.75 Å². The lowest BCUT2D eigenvalue weighted by Crippen LogP contribution is -2.47. The van der Waals surface area contributed by atoms with E-state index in [2.05, 4.69) is 37.2 Å². The van der Waals surface area contributed by atoms with Gasteiger partial charge < -0.3 is 24.8 Å².